The fraction of sp³-hybridized carbons (Fsp3) is 0.250. The van der Waals surface area contributed by atoms with Gasteiger partial charge in [-0.25, -0.2) is 0 Å². The van der Waals surface area contributed by atoms with Crippen LogP contribution < -0.4 is 0 Å². The highest BCUT2D eigenvalue weighted by Gasteiger charge is 2.20. The number of rotatable bonds is 2. The number of nitrogens with zero attached hydrogens (tertiary/aromatic N) is 2. The second kappa shape index (κ2) is 3.21. The van der Waals surface area contributed by atoms with Crippen molar-refractivity contribution in [1.82, 2.24) is 10.5 Å². The molecule has 13 heavy (non-hydrogen) atoms. The summed E-state index contributed by atoms with van der Waals surface area (Å²) in [6.07, 6.45) is 0. The third kappa shape index (κ3) is 1.57. The van der Waals surface area contributed by atoms with Gasteiger partial charge < -0.3 is 10.4 Å². The van der Waals surface area contributed by atoms with Gasteiger partial charge in [-0.2, -0.15) is 4.94 Å². The lowest BCUT2D eigenvalue weighted by atomic mass is 10.1. The Kier molecular flexibility index (Phi) is 2.42. The van der Waals surface area contributed by atoms with Gasteiger partial charge in [-0.3, -0.25) is 10.5 Å². The smallest absolute Gasteiger partial charge is 0.0809 e. The van der Waals surface area contributed by atoms with Crippen molar-refractivity contribution in [3.05, 3.63) is 46.1 Å². The van der Waals surface area contributed by atoms with Crippen LogP contribution in [0, 0.1) is 10.4 Å². The minimum Gasteiger partial charge on any atom is -0.731 e. The SMILES string of the molecule is C=C(C)C1=C(C(=C)C)N([O-])ON1[O-]. The predicted molar refractivity (Wildman–Crippen MR) is 48.2 cm³/mol. The van der Waals surface area contributed by atoms with Gasteiger partial charge in [-0.1, -0.05) is 13.2 Å². The molecule has 72 valence electrons. The number of hydroxylamine groups is 4. The number of hydrogen-bond donors (Lipinski definition) is 0. The highest BCUT2D eigenvalue weighted by Crippen LogP contribution is 2.31. The summed E-state index contributed by atoms with van der Waals surface area (Å²) < 4.78 is 0. The van der Waals surface area contributed by atoms with Crippen molar-refractivity contribution in [3.8, 4) is 0 Å². The van der Waals surface area contributed by atoms with Crippen LogP contribution in [0.15, 0.2) is 35.7 Å². The Bertz CT molecular complexity index is 268. The third-order valence-corrected chi connectivity index (χ3v) is 1.55. The predicted octanol–water partition coefficient (Wildman–Crippen LogP) is 1.81. The topological polar surface area (TPSA) is 61.8 Å². The largest absolute Gasteiger partial charge is 0.731 e. The third-order valence-electron chi connectivity index (χ3n) is 1.55. The Morgan fingerprint density at radius 2 is 1.38 bits per heavy atom. The zero-order valence-electron chi connectivity index (χ0n) is 7.53. The molecule has 0 unspecified atom stereocenters. The van der Waals surface area contributed by atoms with E-state index in [2.05, 4.69) is 18.1 Å². The van der Waals surface area contributed by atoms with E-state index in [1.165, 1.54) is 0 Å². The summed E-state index contributed by atoms with van der Waals surface area (Å²) in [5, 5.41) is 22.3. The first-order valence-corrected chi connectivity index (χ1v) is 3.63. The first kappa shape index (κ1) is 9.79. The van der Waals surface area contributed by atoms with Crippen LogP contribution in [0.5, 0.6) is 0 Å². The van der Waals surface area contributed by atoms with Crippen LogP contribution in [-0.2, 0) is 4.94 Å². The van der Waals surface area contributed by atoms with Crippen molar-refractivity contribution in [2.75, 3.05) is 0 Å². The zero-order chi connectivity index (χ0) is 10.2. The van der Waals surface area contributed by atoms with E-state index >= 15 is 0 Å². The lowest BCUT2D eigenvalue weighted by Crippen LogP contribution is -2.15. The van der Waals surface area contributed by atoms with Gasteiger partial charge >= 0.3 is 0 Å². The van der Waals surface area contributed by atoms with E-state index in [1.54, 1.807) is 13.8 Å². The van der Waals surface area contributed by atoms with Crippen LogP contribution >= 0.6 is 0 Å². The first-order valence-electron chi connectivity index (χ1n) is 3.63. The molecule has 0 bridgehead atoms. The van der Waals surface area contributed by atoms with Crippen molar-refractivity contribution < 1.29 is 4.94 Å². The lowest BCUT2D eigenvalue weighted by Gasteiger charge is -2.29. The monoisotopic (exact) mass is 182 g/mol. The first-order chi connectivity index (χ1) is 5.95. The average Bonchev–Trinajstić information content (AvgIpc) is 2.24. The Hall–Kier alpha value is -1.30. The van der Waals surface area contributed by atoms with E-state index < -0.39 is 0 Å². The maximum Gasteiger partial charge on any atom is 0.0809 e. The molecule has 0 spiro atoms. The van der Waals surface area contributed by atoms with Gasteiger partial charge in [0, 0.05) is 0 Å². The summed E-state index contributed by atoms with van der Waals surface area (Å²) in [5.74, 6) is 0. The van der Waals surface area contributed by atoms with Crippen molar-refractivity contribution in [2.24, 2.45) is 0 Å². The highest BCUT2D eigenvalue weighted by atomic mass is 17.1. The summed E-state index contributed by atoms with van der Waals surface area (Å²) in [5.41, 5.74) is 1.18. The summed E-state index contributed by atoms with van der Waals surface area (Å²) in [6, 6.07) is 0. The van der Waals surface area contributed by atoms with Crippen LogP contribution in [-0.4, -0.2) is 10.5 Å². The van der Waals surface area contributed by atoms with E-state index in [4.69, 9.17) is 0 Å². The van der Waals surface area contributed by atoms with Crippen molar-refractivity contribution in [1.29, 1.82) is 0 Å². The van der Waals surface area contributed by atoms with Crippen LogP contribution in [0.4, 0.5) is 0 Å². The Morgan fingerprint density at radius 1 is 1.08 bits per heavy atom. The fourth-order valence-electron chi connectivity index (χ4n) is 1.04. The van der Waals surface area contributed by atoms with Crippen LogP contribution in [0.25, 0.3) is 0 Å². The van der Waals surface area contributed by atoms with E-state index in [0.29, 0.717) is 11.1 Å². The normalized spacial score (nSPS) is 16.9. The molecule has 1 aliphatic rings. The molecule has 0 aromatic carbocycles. The van der Waals surface area contributed by atoms with Crippen molar-refractivity contribution in [2.45, 2.75) is 13.8 Å². The van der Waals surface area contributed by atoms with Crippen molar-refractivity contribution in [3.63, 3.8) is 0 Å². The maximum absolute atomic E-state index is 11.0. The molecular weight excluding hydrogens is 172 g/mol. The van der Waals surface area contributed by atoms with Crippen LogP contribution in [0.2, 0.25) is 0 Å². The molecule has 0 saturated carbocycles. The molecule has 1 heterocycles. The van der Waals surface area contributed by atoms with Gasteiger partial charge in [0.2, 0.25) is 0 Å². The molecule has 1 rings (SSSR count). The minimum absolute atomic E-state index is 0.127. The lowest BCUT2D eigenvalue weighted by molar-refractivity contribution is -0.217. The number of hydrogen-bond acceptors (Lipinski definition) is 5. The van der Waals surface area contributed by atoms with Gasteiger partial charge in [0.05, 0.1) is 11.4 Å². The second-order valence-electron chi connectivity index (χ2n) is 2.85. The molecule has 0 fully saturated rings. The van der Waals surface area contributed by atoms with E-state index in [1.807, 2.05) is 0 Å². The van der Waals surface area contributed by atoms with Crippen LogP contribution in [0.3, 0.4) is 0 Å². The molecule has 0 amide bonds. The quantitative estimate of drug-likeness (QED) is 0.651. The molecule has 5 nitrogen and oxygen atoms in total. The van der Waals surface area contributed by atoms with Crippen LogP contribution in [0.1, 0.15) is 13.8 Å². The highest BCUT2D eigenvalue weighted by molar-refractivity contribution is 5.40. The molecule has 0 aliphatic carbocycles. The second-order valence-corrected chi connectivity index (χ2v) is 2.85. The fourth-order valence-corrected chi connectivity index (χ4v) is 1.04. The molecule has 0 atom stereocenters. The standard InChI is InChI=1S/C8H10N2O3/c1-5(2)7-8(6(3)4)10(12)13-9(7)11/h1,3H2,2,4H3/q-2. The molecule has 0 radical (unpaired) electrons. The van der Waals surface area contributed by atoms with E-state index in [0.717, 1.165) is 0 Å². The zero-order valence-corrected chi connectivity index (χ0v) is 7.53. The molecule has 0 aromatic heterocycles. The summed E-state index contributed by atoms with van der Waals surface area (Å²) >= 11 is 0. The summed E-state index contributed by atoms with van der Waals surface area (Å²) in [7, 11) is 0. The van der Waals surface area contributed by atoms with E-state index in [9.17, 15) is 10.4 Å². The average molecular weight is 182 g/mol. The molecule has 0 aromatic rings. The van der Waals surface area contributed by atoms with Gasteiger partial charge in [0.15, 0.2) is 0 Å². The summed E-state index contributed by atoms with van der Waals surface area (Å²) in [4.78, 5) is 4.27. The Balaban J connectivity index is 3.18. The van der Waals surface area contributed by atoms with Gasteiger partial charge in [0.25, 0.3) is 0 Å². The maximum atomic E-state index is 11.0. The molecule has 1 aliphatic heterocycles. The molecule has 0 N–H and O–H groups in total. The molecular formula is C8H10N2O3-2. The van der Waals surface area contributed by atoms with Gasteiger partial charge in [-0.05, 0) is 25.0 Å². The van der Waals surface area contributed by atoms with E-state index in [-0.39, 0.29) is 21.8 Å². The number of allylic oxidation sites excluding steroid dienone is 2. The van der Waals surface area contributed by atoms with Gasteiger partial charge in [0.1, 0.15) is 0 Å². The molecule has 5 heteroatoms. The molecule has 0 saturated heterocycles. The van der Waals surface area contributed by atoms with Crippen molar-refractivity contribution >= 4 is 0 Å². The summed E-state index contributed by atoms with van der Waals surface area (Å²) in [6.45, 7) is 10.4. The van der Waals surface area contributed by atoms with Gasteiger partial charge in [-0.15, -0.1) is 0 Å². The Morgan fingerprint density at radius 3 is 1.62 bits per heavy atom. The Labute approximate surface area is 76.3 Å². The minimum atomic E-state index is 0.127.